The zero-order chi connectivity index (χ0) is 23.4. The molecule has 1 aliphatic carbocycles. The summed E-state index contributed by atoms with van der Waals surface area (Å²) >= 11 is 0. The number of hydrogen-bond acceptors (Lipinski definition) is 4. The number of allylic oxidation sites excluding steroid dienone is 2. The van der Waals surface area contributed by atoms with Gasteiger partial charge in [-0.1, -0.05) is 54.6 Å². The van der Waals surface area contributed by atoms with Gasteiger partial charge in [0.15, 0.2) is 0 Å². The van der Waals surface area contributed by atoms with E-state index in [4.69, 9.17) is 0 Å². The SMILES string of the molecule is CC(NC(=O)c1ccccc1NC(=O)CCN1C(=O)[C@H]2CC=CC[C@H]2C1=O)c1ccccc1. The van der Waals surface area contributed by atoms with Gasteiger partial charge in [-0.05, 0) is 37.5 Å². The number of anilines is 1. The standard InChI is InChI=1S/C26H27N3O4/c1-17(18-9-3-2-4-10-18)27-24(31)21-13-7-8-14-22(21)28-23(30)15-16-29-25(32)19-11-5-6-12-20(19)26(29)33/h2-10,13-14,17,19-20H,11-12,15-16H2,1H3,(H,27,31)(H,28,30)/t17?,19-,20+. The first-order valence-corrected chi connectivity index (χ1v) is 11.2. The van der Waals surface area contributed by atoms with E-state index in [1.165, 1.54) is 4.90 Å². The highest BCUT2D eigenvalue weighted by Crippen LogP contribution is 2.35. The van der Waals surface area contributed by atoms with Crippen LogP contribution in [0.1, 0.15) is 48.1 Å². The maximum atomic E-state index is 12.9. The van der Waals surface area contributed by atoms with Crippen molar-refractivity contribution < 1.29 is 19.2 Å². The van der Waals surface area contributed by atoms with Gasteiger partial charge in [-0.15, -0.1) is 0 Å². The van der Waals surface area contributed by atoms with E-state index in [0.29, 0.717) is 24.1 Å². The second kappa shape index (κ2) is 9.81. The Hall–Kier alpha value is -3.74. The van der Waals surface area contributed by atoms with Crippen LogP contribution in [-0.4, -0.2) is 35.1 Å². The number of para-hydroxylation sites is 1. The average Bonchev–Trinajstić information content (AvgIpc) is 3.08. The minimum atomic E-state index is -0.361. The first-order valence-electron chi connectivity index (χ1n) is 11.2. The summed E-state index contributed by atoms with van der Waals surface area (Å²) in [6, 6.07) is 16.2. The van der Waals surface area contributed by atoms with Crippen LogP contribution in [0.5, 0.6) is 0 Å². The Morgan fingerprint density at radius 1 is 0.939 bits per heavy atom. The van der Waals surface area contributed by atoms with Crippen LogP contribution in [0.3, 0.4) is 0 Å². The van der Waals surface area contributed by atoms with Gasteiger partial charge in [0.1, 0.15) is 0 Å². The number of nitrogens with one attached hydrogen (secondary N) is 2. The van der Waals surface area contributed by atoms with Crippen molar-refractivity contribution in [2.24, 2.45) is 11.8 Å². The van der Waals surface area contributed by atoms with Crippen molar-refractivity contribution in [1.82, 2.24) is 10.2 Å². The summed E-state index contributed by atoms with van der Waals surface area (Å²) in [5.74, 6) is -1.67. The molecule has 0 radical (unpaired) electrons. The minimum absolute atomic E-state index is 0.0271. The van der Waals surface area contributed by atoms with E-state index in [1.807, 2.05) is 49.4 Å². The van der Waals surface area contributed by atoms with E-state index in [9.17, 15) is 19.2 Å². The summed E-state index contributed by atoms with van der Waals surface area (Å²) in [5, 5.41) is 5.71. The lowest BCUT2D eigenvalue weighted by Crippen LogP contribution is -2.34. The lowest BCUT2D eigenvalue weighted by atomic mass is 9.85. The van der Waals surface area contributed by atoms with Crippen molar-refractivity contribution >= 4 is 29.3 Å². The number of rotatable bonds is 7. The summed E-state index contributed by atoms with van der Waals surface area (Å²) < 4.78 is 0. The molecule has 1 saturated heterocycles. The van der Waals surface area contributed by atoms with Crippen molar-refractivity contribution in [3.8, 4) is 0 Å². The topological polar surface area (TPSA) is 95.6 Å². The predicted molar refractivity (Wildman–Crippen MR) is 124 cm³/mol. The lowest BCUT2D eigenvalue weighted by molar-refractivity contribution is -0.140. The molecule has 0 bridgehead atoms. The van der Waals surface area contributed by atoms with Crippen LogP contribution >= 0.6 is 0 Å². The van der Waals surface area contributed by atoms with E-state index in [0.717, 1.165) is 5.56 Å². The average molecular weight is 446 g/mol. The Bertz CT molecular complexity index is 1070. The van der Waals surface area contributed by atoms with E-state index in [2.05, 4.69) is 10.6 Å². The maximum absolute atomic E-state index is 12.9. The molecular formula is C26H27N3O4. The van der Waals surface area contributed by atoms with Gasteiger partial charge in [-0.2, -0.15) is 0 Å². The molecule has 2 aromatic carbocycles. The van der Waals surface area contributed by atoms with Gasteiger partial charge >= 0.3 is 0 Å². The zero-order valence-electron chi connectivity index (χ0n) is 18.5. The third-order valence-corrected chi connectivity index (χ3v) is 6.25. The number of hydrogen-bond donors (Lipinski definition) is 2. The smallest absolute Gasteiger partial charge is 0.253 e. The Morgan fingerprint density at radius 2 is 1.55 bits per heavy atom. The van der Waals surface area contributed by atoms with E-state index < -0.39 is 0 Å². The Labute approximate surface area is 192 Å². The summed E-state index contributed by atoms with van der Waals surface area (Å²) in [4.78, 5) is 51.8. The highest BCUT2D eigenvalue weighted by Gasteiger charge is 2.46. The van der Waals surface area contributed by atoms with E-state index in [1.54, 1.807) is 24.3 Å². The second-order valence-electron chi connectivity index (χ2n) is 8.43. The number of imide groups is 1. The molecule has 3 atom stereocenters. The van der Waals surface area contributed by atoms with Gasteiger partial charge in [-0.25, -0.2) is 0 Å². The fraction of sp³-hybridized carbons (Fsp3) is 0.308. The van der Waals surface area contributed by atoms with Crippen LogP contribution in [0.4, 0.5) is 5.69 Å². The Balaban J connectivity index is 1.36. The van der Waals surface area contributed by atoms with Crippen molar-refractivity contribution in [3.05, 3.63) is 77.9 Å². The molecule has 2 aliphatic rings. The monoisotopic (exact) mass is 445 g/mol. The van der Waals surface area contributed by atoms with Gasteiger partial charge in [0.05, 0.1) is 29.1 Å². The van der Waals surface area contributed by atoms with Crippen LogP contribution in [0.2, 0.25) is 0 Å². The largest absolute Gasteiger partial charge is 0.345 e. The van der Waals surface area contributed by atoms with Gasteiger partial charge < -0.3 is 10.6 Å². The third-order valence-electron chi connectivity index (χ3n) is 6.25. The maximum Gasteiger partial charge on any atom is 0.253 e. The van der Waals surface area contributed by atoms with Crippen LogP contribution in [0.15, 0.2) is 66.7 Å². The van der Waals surface area contributed by atoms with Crippen LogP contribution in [0, 0.1) is 11.8 Å². The number of carbonyl (C=O) groups is 4. The van der Waals surface area contributed by atoms with Gasteiger partial charge in [-0.3, -0.25) is 24.1 Å². The minimum Gasteiger partial charge on any atom is -0.345 e. The molecule has 7 heteroatoms. The predicted octanol–water partition coefficient (Wildman–Crippen LogP) is 3.46. The number of nitrogens with zero attached hydrogens (tertiary/aromatic N) is 1. The molecule has 4 rings (SSSR count). The molecule has 0 aromatic heterocycles. The fourth-order valence-corrected chi connectivity index (χ4v) is 4.40. The number of amides is 4. The van der Waals surface area contributed by atoms with Gasteiger partial charge in [0, 0.05) is 13.0 Å². The Kier molecular flexibility index (Phi) is 6.68. The molecule has 1 unspecified atom stereocenters. The highest BCUT2D eigenvalue weighted by molar-refractivity contribution is 6.06. The van der Waals surface area contributed by atoms with E-state index in [-0.39, 0.29) is 54.5 Å². The lowest BCUT2D eigenvalue weighted by Gasteiger charge is -2.17. The quantitative estimate of drug-likeness (QED) is 0.504. The summed E-state index contributed by atoms with van der Waals surface area (Å²) in [5.41, 5.74) is 1.71. The first-order chi connectivity index (χ1) is 16.0. The zero-order valence-corrected chi connectivity index (χ0v) is 18.5. The molecule has 170 valence electrons. The van der Waals surface area contributed by atoms with Crippen LogP contribution in [0.25, 0.3) is 0 Å². The van der Waals surface area contributed by atoms with Crippen molar-refractivity contribution in [2.75, 3.05) is 11.9 Å². The fourth-order valence-electron chi connectivity index (χ4n) is 4.40. The number of likely N-dealkylation sites (tertiary alicyclic amines) is 1. The van der Waals surface area contributed by atoms with Crippen molar-refractivity contribution in [1.29, 1.82) is 0 Å². The van der Waals surface area contributed by atoms with Gasteiger partial charge in [0.25, 0.3) is 5.91 Å². The molecule has 1 heterocycles. The molecule has 0 spiro atoms. The normalized spacial score (nSPS) is 20.3. The molecule has 4 amide bonds. The Morgan fingerprint density at radius 3 is 2.21 bits per heavy atom. The molecule has 2 aromatic rings. The first kappa shape index (κ1) is 22.5. The van der Waals surface area contributed by atoms with Crippen LogP contribution < -0.4 is 10.6 Å². The molecular weight excluding hydrogens is 418 g/mol. The molecule has 7 nitrogen and oxygen atoms in total. The summed E-state index contributed by atoms with van der Waals surface area (Å²) in [7, 11) is 0. The number of carbonyl (C=O) groups excluding carboxylic acids is 4. The molecule has 33 heavy (non-hydrogen) atoms. The molecule has 1 aliphatic heterocycles. The molecule has 1 fully saturated rings. The van der Waals surface area contributed by atoms with Gasteiger partial charge in [0.2, 0.25) is 17.7 Å². The highest BCUT2D eigenvalue weighted by atomic mass is 16.2. The third kappa shape index (κ3) is 4.87. The second-order valence-corrected chi connectivity index (χ2v) is 8.43. The molecule has 2 N–H and O–H groups in total. The number of benzene rings is 2. The van der Waals surface area contributed by atoms with Crippen LogP contribution in [-0.2, 0) is 14.4 Å². The summed E-state index contributed by atoms with van der Waals surface area (Å²) in [6.07, 6.45) is 4.98. The number of fused-ring (bicyclic) bond motifs is 1. The van der Waals surface area contributed by atoms with Crippen molar-refractivity contribution in [2.45, 2.75) is 32.2 Å². The molecule has 0 saturated carbocycles. The summed E-state index contributed by atoms with van der Waals surface area (Å²) in [6.45, 7) is 1.93. The van der Waals surface area contributed by atoms with E-state index >= 15 is 0 Å². The van der Waals surface area contributed by atoms with Crippen molar-refractivity contribution in [3.63, 3.8) is 0 Å².